The first-order valence-electron chi connectivity index (χ1n) is 4.43. The van der Waals surface area contributed by atoms with Gasteiger partial charge < -0.3 is 0 Å². The van der Waals surface area contributed by atoms with E-state index >= 15 is 0 Å². The Morgan fingerprint density at radius 2 is 1.69 bits per heavy atom. The predicted molar refractivity (Wildman–Crippen MR) is 64.1 cm³/mol. The number of rotatable bonds is 2. The third-order valence-electron chi connectivity index (χ3n) is 1.99. The average Bonchev–Trinajstić information content (AvgIpc) is 2.24. The van der Waals surface area contributed by atoms with Crippen LogP contribution in [0.3, 0.4) is 0 Å². The second-order valence-corrected chi connectivity index (χ2v) is 4.20. The van der Waals surface area contributed by atoms with Gasteiger partial charge in [0.25, 0.3) is 0 Å². The molecule has 0 spiro atoms. The van der Waals surface area contributed by atoms with Crippen LogP contribution in [0.2, 0.25) is 15.3 Å². The van der Waals surface area contributed by atoms with Gasteiger partial charge in [-0.1, -0.05) is 29.3 Å². The van der Waals surface area contributed by atoms with Gasteiger partial charge in [-0.15, -0.1) is 0 Å². The van der Waals surface area contributed by atoms with E-state index in [1.54, 1.807) is 18.2 Å². The van der Waals surface area contributed by atoms with Gasteiger partial charge in [-0.3, -0.25) is 0 Å². The Kier molecular flexibility index (Phi) is 3.59. The van der Waals surface area contributed by atoms with Crippen molar-refractivity contribution in [1.82, 2.24) is 15.0 Å². The molecule has 0 aliphatic rings. The van der Waals surface area contributed by atoms with Gasteiger partial charge in [-0.25, -0.2) is 15.0 Å². The fourth-order valence-corrected chi connectivity index (χ4v) is 1.92. The van der Waals surface area contributed by atoms with Crippen molar-refractivity contribution >= 4 is 34.8 Å². The van der Waals surface area contributed by atoms with Crippen LogP contribution in [0, 0.1) is 0 Å². The molecule has 0 aliphatic carbocycles. The lowest BCUT2D eigenvalue weighted by Gasteiger charge is -2.05. The highest BCUT2D eigenvalue weighted by atomic mass is 35.5. The van der Waals surface area contributed by atoms with Crippen molar-refractivity contribution in [2.24, 2.45) is 0 Å². The highest BCUT2D eigenvalue weighted by Crippen LogP contribution is 2.25. The van der Waals surface area contributed by atoms with E-state index in [-0.39, 0.29) is 5.28 Å². The molecule has 1 aromatic carbocycles. The summed E-state index contributed by atoms with van der Waals surface area (Å²) >= 11 is 17.7. The molecule has 0 atom stereocenters. The molecule has 1 heterocycles. The van der Waals surface area contributed by atoms with Gasteiger partial charge in [0.1, 0.15) is 12.2 Å². The molecule has 0 fully saturated rings. The predicted octanol–water partition coefficient (Wildman–Crippen LogP) is 3.42. The number of halogens is 3. The minimum Gasteiger partial charge on any atom is -0.221 e. The standard InChI is InChI=1S/C10H6Cl3N3/c11-7-2-1-3-8(12)6(7)4-9-14-5-15-10(13)16-9/h1-3,5H,4H2. The largest absolute Gasteiger partial charge is 0.225 e. The number of nitrogens with zero attached hydrogens (tertiary/aromatic N) is 3. The molecule has 0 radical (unpaired) electrons. The van der Waals surface area contributed by atoms with Gasteiger partial charge in [0.05, 0.1) is 0 Å². The molecule has 0 bridgehead atoms. The Morgan fingerprint density at radius 1 is 1.00 bits per heavy atom. The zero-order valence-corrected chi connectivity index (χ0v) is 10.3. The average molecular weight is 275 g/mol. The molecule has 0 aliphatic heterocycles. The Hall–Kier alpha value is -0.900. The summed E-state index contributed by atoms with van der Waals surface area (Å²) in [5.74, 6) is 0.537. The van der Waals surface area contributed by atoms with Crippen LogP contribution in [0.4, 0.5) is 0 Å². The van der Waals surface area contributed by atoms with Gasteiger partial charge in [0, 0.05) is 16.5 Å². The SMILES string of the molecule is Clc1ncnc(Cc2c(Cl)cccc2Cl)n1. The van der Waals surface area contributed by atoms with Crippen LogP contribution in [-0.2, 0) is 6.42 Å². The number of hydrogen-bond donors (Lipinski definition) is 0. The van der Waals surface area contributed by atoms with Crippen molar-refractivity contribution in [3.63, 3.8) is 0 Å². The van der Waals surface area contributed by atoms with Gasteiger partial charge in [-0.05, 0) is 29.3 Å². The first-order chi connectivity index (χ1) is 7.66. The van der Waals surface area contributed by atoms with Gasteiger partial charge in [-0.2, -0.15) is 0 Å². The topological polar surface area (TPSA) is 38.7 Å². The maximum absolute atomic E-state index is 6.03. The first-order valence-corrected chi connectivity index (χ1v) is 5.56. The Morgan fingerprint density at radius 3 is 2.31 bits per heavy atom. The molecule has 6 heteroatoms. The third-order valence-corrected chi connectivity index (χ3v) is 2.88. The zero-order chi connectivity index (χ0) is 11.5. The summed E-state index contributed by atoms with van der Waals surface area (Å²) in [6.07, 6.45) is 1.79. The summed E-state index contributed by atoms with van der Waals surface area (Å²) in [6.45, 7) is 0. The molecule has 0 amide bonds. The van der Waals surface area contributed by atoms with E-state index in [4.69, 9.17) is 34.8 Å². The molecule has 82 valence electrons. The minimum atomic E-state index is 0.160. The van der Waals surface area contributed by atoms with Crippen LogP contribution in [-0.4, -0.2) is 15.0 Å². The lowest BCUT2D eigenvalue weighted by Crippen LogP contribution is -1.99. The highest BCUT2D eigenvalue weighted by Gasteiger charge is 2.08. The molecule has 3 nitrogen and oxygen atoms in total. The molecule has 16 heavy (non-hydrogen) atoms. The summed E-state index contributed by atoms with van der Waals surface area (Å²) in [6, 6.07) is 5.33. The van der Waals surface area contributed by atoms with E-state index in [2.05, 4.69) is 15.0 Å². The molecule has 0 saturated carbocycles. The molecule has 2 rings (SSSR count). The highest BCUT2D eigenvalue weighted by molar-refractivity contribution is 6.36. The molecule has 0 unspecified atom stereocenters. The zero-order valence-electron chi connectivity index (χ0n) is 7.99. The fraction of sp³-hybridized carbons (Fsp3) is 0.100. The Labute approximate surface area is 107 Å². The second kappa shape index (κ2) is 4.95. The van der Waals surface area contributed by atoms with Gasteiger partial charge >= 0.3 is 0 Å². The van der Waals surface area contributed by atoms with Crippen molar-refractivity contribution in [2.45, 2.75) is 6.42 Å². The summed E-state index contributed by atoms with van der Waals surface area (Å²) in [5, 5.41) is 1.33. The minimum absolute atomic E-state index is 0.160. The van der Waals surface area contributed by atoms with E-state index in [1.165, 1.54) is 6.33 Å². The van der Waals surface area contributed by atoms with E-state index in [0.717, 1.165) is 5.56 Å². The van der Waals surface area contributed by atoms with Crippen molar-refractivity contribution in [1.29, 1.82) is 0 Å². The van der Waals surface area contributed by atoms with Crippen molar-refractivity contribution in [2.75, 3.05) is 0 Å². The van der Waals surface area contributed by atoms with Crippen LogP contribution >= 0.6 is 34.8 Å². The maximum Gasteiger partial charge on any atom is 0.225 e. The van der Waals surface area contributed by atoms with E-state index in [1.807, 2.05) is 0 Å². The van der Waals surface area contributed by atoms with Crippen LogP contribution in [0.5, 0.6) is 0 Å². The third kappa shape index (κ3) is 2.61. The monoisotopic (exact) mass is 273 g/mol. The molecule has 2 aromatic rings. The number of aromatic nitrogens is 3. The first kappa shape index (κ1) is 11.6. The fourth-order valence-electron chi connectivity index (χ4n) is 1.25. The quantitative estimate of drug-likeness (QED) is 0.842. The normalized spacial score (nSPS) is 10.4. The van der Waals surface area contributed by atoms with E-state index in [0.29, 0.717) is 22.3 Å². The van der Waals surface area contributed by atoms with E-state index in [9.17, 15) is 0 Å². The molecular weight excluding hydrogens is 268 g/mol. The van der Waals surface area contributed by atoms with Crippen molar-refractivity contribution in [3.8, 4) is 0 Å². The molecular formula is C10H6Cl3N3. The molecule has 0 saturated heterocycles. The summed E-state index contributed by atoms with van der Waals surface area (Å²) < 4.78 is 0. The number of benzene rings is 1. The van der Waals surface area contributed by atoms with Crippen molar-refractivity contribution in [3.05, 3.63) is 51.2 Å². The van der Waals surface area contributed by atoms with E-state index < -0.39 is 0 Å². The van der Waals surface area contributed by atoms with Crippen LogP contribution in [0.15, 0.2) is 24.5 Å². The summed E-state index contributed by atoms with van der Waals surface area (Å²) in [5.41, 5.74) is 0.785. The Balaban J connectivity index is 2.34. The molecule has 0 N–H and O–H groups in total. The maximum atomic E-state index is 6.03. The number of hydrogen-bond acceptors (Lipinski definition) is 3. The van der Waals surface area contributed by atoms with Crippen molar-refractivity contribution < 1.29 is 0 Å². The molecule has 1 aromatic heterocycles. The summed E-state index contributed by atoms with van der Waals surface area (Å²) in [4.78, 5) is 11.7. The van der Waals surface area contributed by atoms with Crippen LogP contribution in [0.25, 0.3) is 0 Å². The lowest BCUT2D eigenvalue weighted by atomic mass is 10.1. The van der Waals surface area contributed by atoms with Gasteiger partial charge in [0.2, 0.25) is 5.28 Å². The van der Waals surface area contributed by atoms with Crippen LogP contribution < -0.4 is 0 Å². The lowest BCUT2D eigenvalue weighted by molar-refractivity contribution is 0.918. The smallest absolute Gasteiger partial charge is 0.221 e. The van der Waals surface area contributed by atoms with Crippen LogP contribution in [0.1, 0.15) is 11.4 Å². The summed E-state index contributed by atoms with van der Waals surface area (Å²) in [7, 11) is 0. The Bertz CT molecular complexity index is 496. The van der Waals surface area contributed by atoms with Gasteiger partial charge in [0.15, 0.2) is 0 Å². The second-order valence-electron chi connectivity index (χ2n) is 3.05.